The zero-order valence-corrected chi connectivity index (χ0v) is 19.9. The Labute approximate surface area is 189 Å². The Hall–Kier alpha value is -3.04. The van der Waals surface area contributed by atoms with Crippen LogP contribution in [0.4, 0.5) is 5.82 Å². The summed E-state index contributed by atoms with van der Waals surface area (Å²) in [6, 6.07) is 5.49. The Balaban J connectivity index is 1.58. The van der Waals surface area contributed by atoms with Crippen LogP contribution < -0.4 is 10.0 Å². The largest absolute Gasteiger partial charge is 0.309 e. The summed E-state index contributed by atoms with van der Waals surface area (Å²) >= 11 is 0. The fraction of sp³-hybridized carbons (Fsp3) is 0.348. The number of rotatable bonds is 8. The monoisotopic (exact) mass is 455 g/mol. The van der Waals surface area contributed by atoms with E-state index in [0.29, 0.717) is 17.3 Å². The highest BCUT2D eigenvalue weighted by Crippen LogP contribution is 2.29. The molecule has 2 aromatic heterocycles. The average molecular weight is 456 g/mol. The van der Waals surface area contributed by atoms with Gasteiger partial charge in [-0.05, 0) is 74.1 Å². The van der Waals surface area contributed by atoms with Crippen LogP contribution in [0.3, 0.4) is 0 Å². The first kappa shape index (κ1) is 23.6. The highest BCUT2D eigenvalue weighted by molar-refractivity contribution is 7.89. The zero-order chi connectivity index (χ0) is 23.5. The maximum atomic E-state index is 12.9. The van der Waals surface area contributed by atoms with E-state index in [1.807, 2.05) is 46.8 Å². The van der Waals surface area contributed by atoms with Crippen molar-refractivity contribution in [3.05, 3.63) is 70.2 Å². The second-order valence-corrected chi connectivity index (χ2v) is 9.61. The number of carbonyl (C=O) groups is 1. The number of hydrogen-bond acceptors (Lipinski definition) is 5. The highest BCUT2D eigenvalue weighted by atomic mass is 32.2. The van der Waals surface area contributed by atoms with Crippen LogP contribution in [0.25, 0.3) is 0 Å². The number of nitrogens with zero attached hydrogens (tertiary/aromatic N) is 3. The molecule has 0 aliphatic rings. The molecule has 0 radical (unpaired) electrons. The third-order valence-electron chi connectivity index (χ3n) is 5.82. The molecule has 0 aliphatic heterocycles. The Morgan fingerprint density at radius 1 is 1.00 bits per heavy atom. The van der Waals surface area contributed by atoms with Crippen LogP contribution in [0.1, 0.15) is 39.8 Å². The molecule has 0 unspecified atom stereocenters. The number of benzene rings is 1. The van der Waals surface area contributed by atoms with E-state index in [0.717, 1.165) is 33.4 Å². The molecule has 0 spiro atoms. The maximum absolute atomic E-state index is 12.9. The molecule has 170 valence electrons. The molecule has 2 N–H and O–H groups in total. The van der Waals surface area contributed by atoms with Crippen molar-refractivity contribution in [2.75, 3.05) is 11.9 Å². The third-order valence-corrected chi connectivity index (χ3v) is 7.55. The van der Waals surface area contributed by atoms with Crippen LogP contribution in [-0.4, -0.2) is 35.6 Å². The first-order valence-corrected chi connectivity index (χ1v) is 11.9. The summed E-state index contributed by atoms with van der Waals surface area (Å²) in [5.74, 6) is 0.0993. The lowest BCUT2D eigenvalue weighted by Gasteiger charge is -2.19. The van der Waals surface area contributed by atoms with E-state index < -0.39 is 10.0 Å². The SMILES string of the molecule is Cc1c(C)c(C)c(S(=O)(=O)NCCC(=O)Nc2ccn(Cc3cccnc3)n2)c(C)c1C. The van der Waals surface area contributed by atoms with E-state index in [9.17, 15) is 13.2 Å². The second-order valence-electron chi connectivity index (χ2n) is 7.91. The van der Waals surface area contributed by atoms with Crippen molar-refractivity contribution in [3.8, 4) is 0 Å². The van der Waals surface area contributed by atoms with Gasteiger partial charge < -0.3 is 5.32 Å². The minimum Gasteiger partial charge on any atom is -0.309 e. The average Bonchev–Trinajstić information content (AvgIpc) is 3.17. The number of aromatic nitrogens is 3. The molecule has 0 bridgehead atoms. The van der Waals surface area contributed by atoms with Crippen LogP contribution in [0, 0.1) is 34.6 Å². The molecule has 9 heteroatoms. The molecule has 8 nitrogen and oxygen atoms in total. The first-order chi connectivity index (χ1) is 15.1. The summed E-state index contributed by atoms with van der Waals surface area (Å²) < 4.78 is 30.1. The zero-order valence-electron chi connectivity index (χ0n) is 19.1. The van der Waals surface area contributed by atoms with E-state index >= 15 is 0 Å². The van der Waals surface area contributed by atoms with Crippen molar-refractivity contribution in [1.29, 1.82) is 0 Å². The topological polar surface area (TPSA) is 106 Å². The standard InChI is InChI=1S/C23H29N5O3S/c1-15-16(2)18(4)23(19(5)17(15)3)32(30,31)25-11-8-22(29)26-21-9-12-28(27-21)14-20-7-6-10-24-13-20/h6-7,9-10,12-13,25H,8,11,14H2,1-5H3,(H,26,27,29). The Morgan fingerprint density at radius 2 is 1.66 bits per heavy atom. The molecule has 2 heterocycles. The summed E-state index contributed by atoms with van der Waals surface area (Å²) in [5.41, 5.74) is 5.50. The van der Waals surface area contributed by atoms with E-state index in [4.69, 9.17) is 0 Å². The molecule has 0 aliphatic carbocycles. The Bertz CT molecular complexity index is 1210. The molecule has 0 fully saturated rings. The molecule has 1 amide bonds. The predicted octanol–water partition coefficient (Wildman–Crippen LogP) is 3.18. The fourth-order valence-electron chi connectivity index (χ4n) is 3.64. The number of amides is 1. The Kier molecular flexibility index (Phi) is 7.10. The molecule has 32 heavy (non-hydrogen) atoms. The lowest BCUT2D eigenvalue weighted by Crippen LogP contribution is -2.29. The highest BCUT2D eigenvalue weighted by Gasteiger charge is 2.23. The molecule has 3 aromatic rings. The van der Waals surface area contributed by atoms with Crippen LogP contribution in [-0.2, 0) is 21.4 Å². The predicted molar refractivity (Wildman–Crippen MR) is 124 cm³/mol. The van der Waals surface area contributed by atoms with Gasteiger partial charge in [0.15, 0.2) is 5.82 Å². The molecule has 0 saturated carbocycles. The van der Waals surface area contributed by atoms with Crippen LogP contribution in [0.2, 0.25) is 0 Å². The van der Waals surface area contributed by atoms with E-state index in [2.05, 4.69) is 20.1 Å². The van der Waals surface area contributed by atoms with Crippen molar-refractivity contribution in [2.24, 2.45) is 0 Å². The van der Waals surface area contributed by atoms with Gasteiger partial charge in [0.2, 0.25) is 15.9 Å². The number of hydrogen-bond donors (Lipinski definition) is 2. The fourth-order valence-corrected chi connectivity index (χ4v) is 5.27. The van der Waals surface area contributed by atoms with Gasteiger partial charge in [-0.1, -0.05) is 6.07 Å². The van der Waals surface area contributed by atoms with Gasteiger partial charge in [0.25, 0.3) is 0 Å². The first-order valence-electron chi connectivity index (χ1n) is 10.4. The smallest absolute Gasteiger partial charge is 0.241 e. The Morgan fingerprint density at radius 3 is 2.28 bits per heavy atom. The molecule has 0 saturated heterocycles. The van der Waals surface area contributed by atoms with E-state index in [1.54, 1.807) is 29.3 Å². The van der Waals surface area contributed by atoms with Gasteiger partial charge in [-0.2, -0.15) is 5.10 Å². The summed E-state index contributed by atoms with van der Waals surface area (Å²) in [7, 11) is -3.74. The number of nitrogens with one attached hydrogen (secondary N) is 2. The quantitative estimate of drug-likeness (QED) is 0.543. The summed E-state index contributed by atoms with van der Waals surface area (Å²) in [5, 5.41) is 7.02. The van der Waals surface area contributed by atoms with Gasteiger partial charge in [0.05, 0.1) is 11.4 Å². The molecule has 1 aromatic carbocycles. The van der Waals surface area contributed by atoms with Crippen LogP contribution >= 0.6 is 0 Å². The lowest BCUT2D eigenvalue weighted by molar-refractivity contribution is -0.116. The maximum Gasteiger partial charge on any atom is 0.241 e. The number of sulfonamides is 1. The van der Waals surface area contributed by atoms with Crippen molar-refractivity contribution >= 4 is 21.7 Å². The number of carbonyl (C=O) groups excluding carboxylic acids is 1. The van der Waals surface area contributed by atoms with Gasteiger partial charge >= 0.3 is 0 Å². The van der Waals surface area contributed by atoms with Crippen LogP contribution in [0.5, 0.6) is 0 Å². The molecular formula is C23H29N5O3S. The molecule has 0 atom stereocenters. The van der Waals surface area contributed by atoms with Gasteiger partial charge in [0, 0.05) is 37.6 Å². The summed E-state index contributed by atoms with van der Waals surface area (Å²) in [6.45, 7) is 10.0. The number of pyridine rings is 1. The van der Waals surface area contributed by atoms with Crippen molar-refractivity contribution in [3.63, 3.8) is 0 Å². The number of anilines is 1. The van der Waals surface area contributed by atoms with Gasteiger partial charge in [-0.25, -0.2) is 13.1 Å². The van der Waals surface area contributed by atoms with Crippen molar-refractivity contribution in [2.45, 2.75) is 52.5 Å². The second kappa shape index (κ2) is 9.62. The van der Waals surface area contributed by atoms with Crippen molar-refractivity contribution in [1.82, 2.24) is 19.5 Å². The molecule has 3 rings (SSSR count). The van der Waals surface area contributed by atoms with Crippen LogP contribution in [0.15, 0.2) is 41.7 Å². The van der Waals surface area contributed by atoms with Gasteiger partial charge in [-0.3, -0.25) is 14.5 Å². The molecular weight excluding hydrogens is 426 g/mol. The van der Waals surface area contributed by atoms with Gasteiger partial charge in [-0.15, -0.1) is 0 Å². The summed E-state index contributed by atoms with van der Waals surface area (Å²) in [6.07, 6.45) is 5.22. The minimum atomic E-state index is -3.74. The minimum absolute atomic E-state index is 0.00336. The van der Waals surface area contributed by atoms with E-state index in [-0.39, 0.29) is 18.9 Å². The third kappa shape index (κ3) is 5.23. The summed E-state index contributed by atoms with van der Waals surface area (Å²) in [4.78, 5) is 16.7. The van der Waals surface area contributed by atoms with Gasteiger partial charge in [0.1, 0.15) is 0 Å². The lowest BCUT2D eigenvalue weighted by atomic mass is 9.95. The van der Waals surface area contributed by atoms with Crippen molar-refractivity contribution < 1.29 is 13.2 Å². The normalized spacial score (nSPS) is 11.5. The van der Waals surface area contributed by atoms with E-state index in [1.165, 1.54) is 0 Å².